The molecule has 0 radical (unpaired) electrons. The van der Waals surface area contributed by atoms with Crippen molar-refractivity contribution in [2.24, 2.45) is 11.8 Å². The fourth-order valence-electron chi connectivity index (χ4n) is 3.15. The molecule has 0 unspecified atom stereocenters. The molecule has 0 aliphatic heterocycles. The Hall–Kier alpha value is -1.63. The van der Waals surface area contributed by atoms with Crippen LogP contribution in [0.1, 0.15) is 50.7 Å². The molecule has 1 fully saturated rings. The van der Waals surface area contributed by atoms with Crippen LogP contribution in [0.3, 0.4) is 0 Å². The summed E-state index contributed by atoms with van der Waals surface area (Å²) in [7, 11) is 0. The molecule has 2 rings (SSSR count). The van der Waals surface area contributed by atoms with E-state index in [4.69, 9.17) is 0 Å². The Morgan fingerprint density at radius 3 is 2.45 bits per heavy atom. The minimum absolute atomic E-state index is 0.167. The second-order valence-electron chi connectivity index (χ2n) is 6.57. The lowest BCUT2D eigenvalue weighted by atomic mass is 9.79. The molecule has 1 aromatic carbocycles. The van der Waals surface area contributed by atoms with Gasteiger partial charge in [0.05, 0.1) is 0 Å². The van der Waals surface area contributed by atoms with Gasteiger partial charge in [0.25, 0.3) is 0 Å². The first-order valence-corrected chi connectivity index (χ1v) is 8.31. The highest BCUT2D eigenvalue weighted by Crippen LogP contribution is 2.33. The first-order valence-electron chi connectivity index (χ1n) is 8.31. The number of rotatable bonds is 4. The molecule has 1 aliphatic rings. The predicted octanol–water partition coefficient (Wildman–Crippen LogP) is 6.48. The van der Waals surface area contributed by atoms with E-state index in [2.05, 4.69) is 32.6 Å². The van der Waals surface area contributed by atoms with E-state index >= 15 is 0 Å². The fraction of sp³-hybridized carbons (Fsp3) is 0.429. The molecule has 0 bridgehead atoms. The van der Waals surface area contributed by atoms with Crippen LogP contribution in [-0.4, -0.2) is 0 Å². The average Bonchev–Trinajstić information content (AvgIpc) is 2.52. The van der Waals surface area contributed by atoms with Crippen molar-refractivity contribution in [3.63, 3.8) is 0 Å². The zero-order valence-electron chi connectivity index (χ0n) is 14.0. The van der Waals surface area contributed by atoms with Crippen molar-refractivity contribution in [1.82, 2.24) is 0 Å². The van der Waals surface area contributed by atoms with Gasteiger partial charge in [-0.3, -0.25) is 0 Å². The molecule has 0 spiro atoms. The third-order valence-corrected chi connectivity index (χ3v) is 4.84. The predicted molar refractivity (Wildman–Crippen MR) is 94.2 cm³/mol. The van der Waals surface area contributed by atoms with Crippen LogP contribution in [-0.2, 0) is 0 Å². The van der Waals surface area contributed by atoms with Gasteiger partial charge in [0.1, 0.15) is 5.82 Å². The SMILES string of the molecule is C=C(/C=C\C(=C/C)C1CCC(C)CC1)c1ccc(C)c(F)c1. The smallest absolute Gasteiger partial charge is 0.126 e. The van der Waals surface area contributed by atoms with Gasteiger partial charge in [0, 0.05) is 0 Å². The zero-order chi connectivity index (χ0) is 16.1. The summed E-state index contributed by atoms with van der Waals surface area (Å²) in [6.07, 6.45) is 11.6. The van der Waals surface area contributed by atoms with Crippen molar-refractivity contribution in [1.29, 1.82) is 0 Å². The Bertz CT molecular complexity index is 584. The molecule has 118 valence electrons. The molecule has 1 heteroatoms. The molecule has 0 amide bonds. The van der Waals surface area contributed by atoms with E-state index in [1.54, 1.807) is 13.0 Å². The van der Waals surface area contributed by atoms with E-state index in [0.29, 0.717) is 11.5 Å². The molecular formula is C21H27F. The third-order valence-electron chi connectivity index (χ3n) is 4.84. The molecule has 22 heavy (non-hydrogen) atoms. The number of allylic oxidation sites excluding steroid dienone is 5. The highest BCUT2D eigenvalue weighted by molar-refractivity contribution is 5.72. The van der Waals surface area contributed by atoms with Crippen LogP contribution >= 0.6 is 0 Å². The van der Waals surface area contributed by atoms with Gasteiger partial charge in [-0.2, -0.15) is 0 Å². The van der Waals surface area contributed by atoms with Crippen molar-refractivity contribution in [2.45, 2.75) is 46.5 Å². The molecule has 0 N–H and O–H groups in total. The minimum Gasteiger partial charge on any atom is -0.207 e. The number of benzene rings is 1. The average molecular weight is 298 g/mol. The summed E-state index contributed by atoms with van der Waals surface area (Å²) in [4.78, 5) is 0. The van der Waals surface area contributed by atoms with Crippen LogP contribution < -0.4 is 0 Å². The van der Waals surface area contributed by atoms with Gasteiger partial charge in [-0.15, -0.1) is 0 Å². The molecule has 0 heterocycles. The Morgan fingerprint density at radius 1 is 1.18 bits per heavy atom. The van der Waals surface area contributed by atoms with Gasteiger partial charge in [-0.05, 0) is 66.9 Å². The van der Waals surface area contributed by atoms with Crippen molar-refractivity contribution < 1.29 is 4.39 Å². The molecular weight excluding hydrogens is 271 g/mol. The Kier molecular flexibility index (Phi) is 5.76. The molecule has 0 nitrogen and oxygen atoms in total. The van der Waals surface area contributed by atoms with Gasteiger partial charge in [0.15, 0.2) is 0 Å². The normalized spacial score (nSPS) is 23.0. The standard InChI is InChI=1S/C21H27F/c1-5-18(19-10-6-15(2)7-11-19)12-8-16(3)20-13-9-17(4)21(22)14-20/h5,8-9,12-15,19H,3,6-7,10-11H2,1-2,4H3/b12-8-,18-5+. The van der Waals surface area contributed by atoms with E-state index < -0.39 is 0 Å². The van der Waals surface area contributed by atoms with Crippen LogP contribution in [0.5, 0.6) is 0 Å². The topological polar surface area (TPSA) is 0 Å². The number of hydrogen-bond acceptors (Lipinski definition) is 0. The van der Waals surface area contributed by atoms with E-state index in [9.17, 15) is 4.39 Å². The maximum Gasteiger partial charge on any atom is 0.126 e. The van der Waals surface area contributed by atoms with Gasteiger partial charge >= 0.3 is 0 Å². The molecule has 1 aromatic rings. The zero-order valence-corrected chi connectivity index (χ0v) is 14.0. The van der Waals surface area contributed by atoms with E-state index in [-0.39, 0.29) is 5.82 Å². The number of aryl methyl sites for hydroxylation is 1. The van der Waals surface area contributed by atoms with Crippen molar-refractivity contribution in [3.8, 4) is 0 Å². The fourth-order valence-corrected chi connectivity index (χ4v) is 3.15. The van der Waals surface area contributed by atoms with Crippen LogP contribution in [0.15, 0.2) is 48.6 Å². The van der Waals surface area contributed by atoms with E-state index in [0.717, 1.165) is 17.1 Å². The van der Waals surface area contributed by atoms with Crippen molar-refractivity contribution in [3.05, 3.63) is 65.5 Å². The maximum absolute atomic E-state index is 13.7. The Morgan fingerprint density at radius 2 is 1.86 bits per heavy atom. The molecule has 1 aliphatic carbocycles. The molecule has 0 aromatic heterocycles. The summed E-state index contributed by atoms with van der Waals surface area (Å²) in [5.74, 6) is 1.36. The van der Waals surface area contributed by atoms with Gasteiger partial charge in [-0.1, -0.05) is 56.7 Å². The summed E-state index contributed by atoms with van der Waals surface area (Å²) < 4.78 is 13.7. The van der Waals surface area contributed by atoms with E-state index in [1.807, 2.05) is 18.2 Å². The quantitative estimate of drug-likeness (QED) is 0.558. The van der Waals surface area contributed by atoms with E-state index in [1.165, 1.54) is 31.3 Å². The first-order chi connectivity index (χ1) is 10.5. The lowest BCUT2D eigenvalue weighted by molar-refractivity contribution is 0.323. The molecule has 0 atom stereocenters. The van der Waals surface area contributed by atoms with Gasteiger partial charge in [-0.25, -0.2) is 4.39 Å². The van der Waals surface area contributed by atoms with Crippen LogP contribution in [0.25, 0.3) is 5.57 Å². The van der Waals surface area contributed by atoms with Crippen LogP contribution in [0, 0.1) is 24.6 Å². The lowest BCUT2D eigenvalue weighted by Gasteiger charge is -2.27. The number of hydrogen-bond donors (Lipinski definition) is 0. The van der Waals surface area contributed by atoms with Crippen LogP contribution in [0.2, 0.25) is 0 Å². The molecule has 0 saturated heterocycles. The monoisotopic (exact) mass is 298 g/mol. The first kappa shape index (κ1) is 16.7. The largest absolute Gasteiger partial charge is 0.207 e. The van der Waals surface area contributed by atoms with Crippen molar-refractivity contribution in [2.75, 3.05) is 0 Å². The second-order valence-corrected chi connectivity index (χ2v) is 6.57. The summed E-state index contributed by atoms with van der Waals surface area (Å²) in [6, 6.07) is 5.31. The number of halogens is 1. The van der Waals surface area contributed by atoms with Gasteiger partial charge in [0.2, 0.25) is 0 Å². The Balaban J connectivity index is 2.05. The highest BCUT2D eigenvalue weighted by atomic mass is 19.1. The maximum atomic E-state index is 13.7. The summed E-state index contributed by atoms with van der Waals surface area (Å²) in [5, 5.41) is 0. The Labute approximate surface area is 134 Å². The third kappa shape index (κ3) is 4.19. The second kappa shape index (κ2) is 7.58. The lowest BCUT2D eigenvalue weighted by Crippen LogP contribution is -2.13. The highest BCUT2D eigenvalue weighted by Gasteiger charge is 2.19. The minimum atomic E-state index is -0.167. The van der Waals surface area contributed by atoms with Gasteiger partial charge < -0.3 is 0 Å². The molecule has 1 saturated carbocycles. The van der Waals surface area contributed by atoms with Crippen molar-refractivity contribution >= 4 is 5.57 Å². The van der Waals surface area contributed by atoms with Crippen LogP contribution in [0.4, 0.5) is 4.39 Å². The summed E-state index contributed by atoms with van der Waals surface area (Å²) in [5.41, 5.74) is 3.78. The summed E-state index contributed by atoms with van der Waals surface area (Å²) in [6.45, 7) is 10.3. The summed E-state index contributed by atoms with van der Waals surface area (Å²) >= 11 is 0.